The second-order valence-electron chi connectivity index (χ2n) is 4.76. The van der Waals surface area contributed by atoms with Crippen molar-refractivity contribution in [2.45, 2.75) is 53.0 Å². The van der Waals surface area contributed by atoms with E-state index in [1.807, 2.05) is 6.92 Å². The molecule has 0 saturated heterocycles. The van der Waals surface area contributed by atoms with Gasteiger partial charge in [-0.1, -0.05) is 34.1 Å². The molecule has 0 aromatic carbocycles. The first-order chi connectivity index (χ1) is 7.01. The first-order valence-corrected chi connectivity index (χ1v) is 6.01. The van der Waals surface area contributed by atoms with Crippen LogP contribution in [0, 0.1) is 11.8 Å². The summed E-state index contributed by atoms with van der Waals surface area (Å²) in [5.41, 5.74) is 5.63. The highest BCUT2D eigenvalue weighted by Gasteiger charge is 2.16. The molecule has 2 unspecified atom stereocenters. The third-order valence-electron chi connectivity index (χ3n) is 2.56. The van der Waals surface area contributed by atoms with Gasteiger partial charge in [0, 0.05) is 18.5 Å². The van der Waals surface area contributed by atoms with Crippen molar-refractivity contribution in [1.29, 1.82) is 0 Å². The molecule has 0 fully saturated rings. The van der Waals surface area contributed by atoms with Crippen molar-refractivity contribution in [2.24, 2.45) is 17.6 Å². The van der Waals surface area contributed by atoms with E-state index >= 15 is 0 Å². The molecule has 0 radical (unpaired) electrons. The van der Waals surface area contributed by atoms with Crippen LogP contribution >= 0.6 is 12.4 Å². The van der Waals surface area contributed by atoms with Crippen LogP contribution in [0.4, 0.5) is 0 Å². The predicted octanol–water partition coefficient (Wildman–Crippen LogP) is 2.33. The van der Waals surface area contributed by atoms with Crippen molar-refractivity contribution in [3.8, 4) is 0 Å². The Bertz CT molecular complexity index is 186. The highest BCUT2D eigenvalue weighted by molar-refractivity contribution is 5.85. The lowest BCUT2D eigenvalue weighted by Crippen LogP contribution is -2.43. The predicted molar refractivity (Wildman–Crippen MR) is 71.8 cm³/mol. The van der Waals surface area contributed by atoms with Gasteiger partial charge in [-0.2, -0.15) is 0 Å². The van der Waals surface area contributed by atoms with Gasteiger partial charge in [0.15, 0.2) is 0 Å². The van der Waals surface area contributed by atoms with Crippen LogP contribution in [0.5, 0.6) is 0 Å². The first kappa shape index (κ1) is 18.1. The Labute approximate surface area is 106 Å². The third kappa shape index (κ3) is 7.94. The summed E-state index contributed by atoms with van der Waals surface area (Å²) in [5.74, 6) is 0.824. The van der Waals surface area contributed by atoms with Gasteiger partial charge in [-0.25, -0.2) is 0 Å². The Kier molecular flexibility index (Phi) is 11.2. The lowest BCUT2D eigenvalue weighted by Gasteiger charge is -2.21. The summed E-state index contributed by atoms with van der Waals surface area (Å²) in [6, 6.07) is 0.136. The Hall–Kier alpha value is -0.280. The number of nitrogens with two attached hydrogens (primary N) is 1. The summed E-state index contributed by atoms with van der Waals surface area (Å²) in [5, 5.41) is 3.02. The van der Waals surface area contributed by atoms with Crippen molar-refractivity contribution < 1.29 is 4.79 Å². The zero-order valence-electron chi connectivity index (χ0n) is 11.0. The monoisotopic (exact) mass is 250 g/mol. The van der Waals surface area contributed by atoms with Crippen LogP contribution in [0.2, 0.25) is 0 Å². The Morgan fingerprint density at radius 3 is 2.25 bits per heavy atom. The minimum absolute atomic E-state index is 0. The third-order valence-corrected chi connectivity index (χ3v) is 2.56. The second kappa shape index (κ2) is 9.91. The molecule has 98 valence electrons. The van der Waals surface area contributed by atoms with Crippen LogP contribution in [0.25, 0.3) is 0 Å². The molecule has 0 saturated carbocycles. The Morgan fingerprint density at radius 2 is 1.88 bits per heavy atom. The van der Waals surface area contributed by atoms with Crippen molar-refractivity contribution in [1.82, 2.24) is 5.32 Å². The van der Waals surface area contributed by atoms with Gasteiger partial charge >= 0.3 is 0 Å². The van der Waals surface area contributed by atoms with E-state index in [2.05, 4.69) is 26.1 Å². The fourth-order valence-electron chi connectivity index (χ4n) is 1.69. The van der Waals surface area contributed by atoms with Crippen molar-refractivity contribution >= 4 is 18.3 Å². The van der Waals surface area contributed by atoms with Crippen LogP contribution in [0.15, 0.2) is 0 Å². The molecule has 3 nitrogen and oxygen atoms in total. The standard InChI is InChI=1S/C12H26N2O.ClH/c1-5-6-10(4)12(15)14-11(8-13)7-9(2)3;/h9-11H,5-8,13H2,1-4H3,(H,14,15);1H. The number of carbonyl (C=O) groups is 1. The van der Waals surface area contributed by atoms with Gasteiger partial charge in [0.05, 0.1) is 0 Å². The summed E-state index contributed by atoms with van der Waals surface area (Å²) < 4.78 is 0. The minimum atomic E-state index is 0. The fraction of sp³-hybridized carbons (Fsp3) is 0.917. The summed E-state index contributed by atoms with van der Waals surface area (Å²) in [6.07, 6.45) is 2.96. The average Bonchev–Trinajstić information content (AvgIpc) is 2.16. The largest absolute Gasteiger partial charge is 0.352 e. The van der Waals surface area contributed by atoms with Gasteiger partial charge < -0.3 is 11.1 Å². The molecule has 0 aromatic rings. The Morgan fingerprint density at radius 1 is 1.31 bits per heavy atom. The normalized spacial score (nSPS) is 14.1. The summed E-state index contributed by atoms with van der Waals surface area (Å²) in [6.45, 7) is 8.89. The number of hydrogen-bond donors (Lipinski definition) is 2. The highest BCUT2D eigenvalue weighted by atomic mass is 35.5. The molecule has 0 aromatic heterocycles. The van der Waals surface area contributed by atoms with E-state index < -0.39 is 0 Å². The SMILES string of the molecule is CCCC(C)C(=O)NC(CN)CC(C)C.Cl. The van der Waals surface area contributed by atoms with Crippen molar-refractivity contribution in [3.63, 3.8) is 0 Å². The lowest BCUT2D eigenvalue weighted by molar-refractivity contribution is -0.125. The highest BCUT2D eigenvalue weighted by Crippen LogP contribution is 2.08. The minimum Gasteiger partial charge on any atom is -0.352 e. The molecule has 0 aliphatic rings. The zero-order valence-corrected chi connectivity index (χ0v) is 11.8. The quantitative estimate of drug-likeness (QED) is 0.729. The molecule has 0 aliphatic carbocycles. The summed E-state index contributed by atoms with van der Waals surface area (Å²) >= 11 is 0. The molecule has 0 rings (SSSR count). The number of halogens is 1. The van der Waals surface area contributed by atoms with E-state index in [1.54, 1.807) is 0 Å². The number of carbonyl (C=O) groups excluding carboxylic acids is 1. The summed E-state index contributed by atoms with van der Waals surface area (Å²) in [7, 11) is 0. The van der Waals surface area contributed by atoms with Gasteiger partial charge in [0.2, 0.25) is 5.91 Å². The van der Waals surface area contributed by atoms with E-state index in [9.17, 15) is 4.79 Å². The molecule has 1 amide bonds. The zero-order chi connectivity index (χ0) is 11.8. The maximum Gasteiger partial charge on any atom is 0.223 e. The van der Waals surface area contributed by atoms with Crippen LogP contribution < -0.4 is 11.1 Å². The number of amides is 1. The van der Waals surface area contributed by atoms with Gasteiger partial charge in [0.25, 0.3) is 0 Å². The van der Waals surface area contributed by atoms with Crippen LogP contribution in [0.1, 0.15) is 47.0 Å². The fourth-order valence-corrected chi connectivity index (χ4v) is 1.69. The number of nitrogens with one attached hydrogen (secondary N) is 1. The smallest absolute Gasteiger partial charge is 0.223 e. The van der Waals surface area contributed by atoms with Crippen molar-refractivity contribution in [3.05, 3.63) is 0 Å². The molecule has 4 heteroatoms. The van der Waals surface area contributed by atoms with Crippen LogP contribution in [-0.4, -0.2) is 18.5 Å². The molecule has 3 N–H and O–H groups in total. The molecular weight excluding hydrogens is 224 g/mol. The maximum absolute atomic E-state index is 11.7. The van der Waals surface area contributed by atoms with Gasteiger partial charge in [-0.15, -0.1) is 12.4 Å². The maximum atomic E-state index is 11.7. The lowest BCUT2D eigenvalue weighted by atomic mass is 10.0. The van der Waals surface area contributed by atoms with E-state index in [4.69, 9.17) is 5.73 Å². The van der Waals surface area contributed by atoms with E-state index in [-0.39, 0.29) is 30.3 Å². The molecule has 2 atom stereocenters. The molecule has 16 heavy (non-hydrogen) atoms. The number of hydrogen-bond acceptors (Lipinski definition) is 2. The van der Waals surface area contributed by atoms with Gasteiger partial charge in [-0.3, -0.25) is 4.79 Å². The van der Waals surface area contributed by atoms with Crippen molar-refractivity contribution in [2.75, 3.05) is 6.54 Å². The average molecular weight is 251 g/mol. The van der Waals surface area contributed by atoms with Crippen LogP contribution in [0.3, 0.4) is 0 Å². The van der Waals surface area contributed by atoms with E-state index in [1.165, 1.54) is 0 Å². The van der Waals surface area contributed by atoms with Gasteiger partial charge in [-0.05, 0) is 18.8 Å². The van der Waals surface area contributed by atoms with E-state index in [0.717, 1.165) is 19.3 Å². The van der Waals surface area contributed by atoms with E-state index in [0.29, 0.717) is 12.5 Å². The van der Waals surface area contributed by atoms with Gasteiger partial charge in [0.1, 0.15) is 0 Å². The molecule has 0 heterocycles. The first-order valence-electron chi connectivity index (χ1n) is 6.01. The summed E-state index contributed by atoms with van der Waals surface area (Å²) in [4.78, 5) is 11.7. The topological polar surface area (TPSA) is 55.1 Å². The molecular formula is C12H27ClN2O. The second-order valence-corrected chi connectivity index (χ2v) is 4.76. The Balaban J connectivity index is 0. The van der Waals surface area contributed by atoms with Crippen LogP contribution in [-0.2, 0) is 4.79 Å². The molecule has 0 aliphatic heterocycles. The molecule has 0 bridgehead atoms. The number of rotatable bonds is 7. The molecule has 0 spiro atoms.